The molecule has 0 spiro atoms. The maximum absolute atomic E-state index is 10.6. The highest BCUT2D eigenvalue weighted by molar-refractivity contribution is 14.0. The van der Waals surface area contributed by atoms with Gasteiger partial charge in [-0.25, -0.2) is 9.98 Å². The molecule has 0 amide bonds. The van der Waals surface area contributed by atoms with E-state index < -0.39 is 6.10 Å². The van der Waals surface area contributed by atoms with Gasteiger partial charge in [0.15, 0.2) is 5.96 Å². The Kier molecular flexibility index (Phi) is 10.4. The molecule has 1 aromatic heterocycles. The molecule has 3 aromatic rings. The Morgan fingerprint density at radius 3 is 2.27 bits per heavy atom. The van der Waals surface area contributed by atoms with Crippen molar-refractivity contribution in [3.63, 3.8) is 0 Å². The summed E-state index contributed by atoms with van der Waals surface area (Å²) in [5.74, 6) is 0.695. The average Bonchev–Trinajstić information content (AvgIpc) is 3.29. The molecule has 33 heavy (non-hydrogen) atoms. The van der Waals surface area contributed by atoms with Gasteiger partial charge in [0.1, 0.15) is 0 Å². The Balaban J connectivity index is 0.00000385. The summed E-state index contributed by atoms with van der Waals surface area (Å²) in [6, 6.07) is 16.6. The van der Waals surface area contributed by atoms with Crippen LogP contribution in [0.3, 0.4) is 0 Å². The second-order valence-electron chi connectivity index (χ2n) is 9.02. The highest BCUT2D eigenvalue weighted by Gasteiger charge is 2.15. The average molecular weight is 562 g/mol. The molecule has 0 fully saturated rings. The van der Waals surface area contributed by atoms with Gasteiger partial charge in [0.05, 0.1) is 19.0 Å². The Hall–Kier alpha value is -2.39. The van der Waals surface area contributed by atoms with Crippen LogP contribution in [0, 0.1) is 0 Å². The first-order chi connectivity index (χ1) is 15.3. The van der Waals surface area contributed by atoms with Crippen LogP contribution in [0.1, 0.15) is 56.1 Å². The Morgan fingerprint density at radius 1 is 1.03 bits per heavy atom. The van der Waals surface area contributed by atoms with Gasteiger partial charge in [0.2, 0.25) is 0 Å². The number of hydrogen-bond donors (Lipinski definition) is 3. The fourth-order valence-corrected chi connectivity index (χ4v) is 3.37. The van der Waals surface area contributed by atoms with Crippen molar-refractivity contribution in [2.75, 3.05) is 13.1 Å². The van der Waals surface area contributed by atoms with Crippen molar-refractivity contribution in [2.24, 2.45) is 4.99 Å². The van der Waals surface area contributed by atoms with Crippen molar-refractivity contribution in [3.8, 4) is 0 Å². The predicted octanol–water partition coefficient (Wildman–Crippen LogP) is 4.64. The van der Waals surface area contributed by atoms with Crippen LogP contribution in [-0.2, 0) is 18.5 Å². The van der Waals surface area contributed by atoms with E-state index in [-0.39, 0.29) is 29.4 Å². The van der Waals surface area contributed by atoms with Crippen LogP contribution in [0.15, 0.2) is 72.2 Å². The summed E-state index contributed by atoms with van der Waals surface area (Å²) in [5, 5.41) is 17.1. The van der Waals surface area contributed by atoms with Crippen molar-refractivity contribution < 1.29 is 5.11 Å². The topological polar surface area (TPSA) is 74.5 Å². The molecule has 3 rings (SSSR count). The standard InChI is InChI=1S/C26H35N5O.HI/c1-5-28-25(30-17-24(32)22-10-12-23(13-11-22)26(2,3)4)29-16-20-6-8-21(9-7-20)18-31-15-14-27-19-31;/h6-15,19,24,32H,5,16-18H2,1-4H3,(H2,28,29,30);1H. The number of guanidine groups is 1. The molecule has 0 radical (unpaired) electrons. The third-order valence-corrected chi connectivity index (χ3v) is 5.34. The minimum absolute atomic E-state index is 0. The maximum atomic E-state index is 10.6. The highest BCUT2D eigenvalue weighted by Crippen LogP contribution is 2.23. The molecule has 0 aliphatic heterocycles. The zero-order valence-electron chi connectivity index (χ0n) is 20.0. The first kappa shape index (κ1) is 26.9. The molecule has 178 valence electrons. The molecular weight excluding hydrogens is 525 g/mol. The van der Waals surface area contributed by atoms with Gasteiger partial charge in [-0.3, -0.25) is 0 Å². The van der Waals surface area contributed by atoms with Crippen LogP contribution in [0.2, 0.25) is 0 Å². The number of hydrogen-bond acceptors (Lipinski definition) is 3. The molecule has 1 heterocycles. The van der Waals surface area contributed by atoms with Crippen LogP contribution in [-0.4, -0.2) is 33.7 Å². The minimum atomic E-state index is -0.602. The molecule has 3 N–H and O–H groups in total. The fourth-order valence-electron chi connectivity index (χ4n) is 3.37. The summed E-state index contributed by atoms with van der Waals surface area (Å²) in [7, 11) is 0. The van der Waals surface area contributed by atoms with Crippen LogP contribution < -0.4 is 10.6 Å². The van der Waals surface area contributed by atoms with Crippen molar-refractivity contribution in [1.29, 1.82) is 0 Å². The molecule has 1 unspecified atom stereocenters. The molecule has 0 aliphatic carbocycles. The van der Waals surface area contributed by atoms with Gasteiger partial charge in [-0.1, -0.05) is 69.3 Å². The summed E-state index contributed by atoms with van der Waals surface area (Å²) in [4.78, 5) is 8.75. The molecule has 0 aliphatic rings. The van der Waals surface area contributed by atoms with Gasteiger partial charge in [0, 0.05) is 32.0 Å². The van der Waals surface area contributed by atoms with Crippen LogP contribution in [0.4, 0.5) is 0 Å². The Bertz CT molecular complexity index is 977. The number of rotatable bonds is 8. The Morgan fingerprint density at radius 2 is 1.70 bits per heavy atom. The largest absolute Gasteiger partial charge is 0.387 e. The van der Waals surface area contributed by atoms with E-state index in [1.165, 1.54) is 11.1 Å². The molecule has 7 heteroatoms. The first-order valence-corrected chi connectivity index (χ1v) is 11.2. The van der Waals surface area contributed by atoms with E-state index in [1.54, 1.807) is 6.20 Å². The summed E-state index contributed by atoms with van der Waals surface area (Å²) >= 11 is 0. The van der Waals surface area contributed by atoms with E-state index in [1.807, 2.05) is 36.1 Å². The van der Waals surface area contributed by atoms with Crippen molar-refractivity contribution >= 4 is 29.9 Å². The van der Waals surface area contributed by atoms with Crippen LogP contribution in [0.25, 0.3) is 0 Å². The van der Waals surface area contributed by atoms with Gasteiger partial charge in [0.25, 0.3) is 0 Å². The number of aromatic nitrogens is 2. The molecule has 2 aromatic carbocycles. The van der Waals surface area contributed by atoms with Crippen molar-refractivity contribution in [3.05, 3.63) is 89.5 Å². The summed E-state index contributed by atoms with van der Waals surface area (Å²) in [6.07, 6.45) is 4.96. The summed E-state index contributed by atoms with van der Waals surface area (Å²) < 4.78 is 2.04. The molecule has 0 saturated carbocycles. The van der Waals surface area contributed by atoms with Gasteiger partial charge >= 0.3 is 0 Å². The number of benzene rings is 2. The maximum Gasteiger partial charge on any atom is 0.191 e. The monoisotopic (exact) mass is 561 g/mol. The third-order valence-electron chi connectivity index (χ3n) is 5.34. The number of aliphatic imine (C=N–C) groups is 1. The molecule has 0 saturated heterocycles. The molecule has 6 nitrogen and oxygen atoms in total. The first-order valence-electron chi connectivity index (χ1n) is 11.2. The number of aliphatic hydroxyl groups excluding tert-OH is 1. The zero-order chi connectivity index (χ0) is 23.0. The predicted molar refractivity (Wildman–Crippen MR) is 146 cm³/mol. The third kappa shape index (κ3) is 8.47. The van der Waals surface area contributed by atoms with Gasteiger partial charge < -0.3 is 20.3 Å². The molecular formula is C26H36IN5O. The molecule has 1 atom stereocenters. The van der Waals surface area contributed by atoms with E-state index in [4.69, 9.17) is 0 Å². The second kappa shape index (κ2) is 12.7. The lowest BCUT2D eigenvalue weighted by Gasteiger charge is -2.20. The van der Waals surface area contributed by atoms with Crippen LogP contribution in [0.5, 0.6) is 0 Å². The van der Waals surface area contributed by atoms with Crippen LogP contribution >= 0.6 is 24.0 Å². The lowest BCUT2D eigenvalue weighted by atomic mass is 9.86. The Labute approximate surface area is 214 Å². The fraction of sp³-hybridized carbons (Fsp3) is 0.385. The number of imidazole rings is 1. The van der Waals surface area contributed by atoms with E-state index >= 15 is 0 Å². The normalized spacial score (nSPS) is 12.7. The van der Waals surface area contributed by atoms with Gasteiger partial charge in [-0.15, -0.1) is 24.0 Å². The lowest BCUT2D eigenvalue weighted by molar-refractivity contribution is 0.181. The minimum Gasteiger partial charge on any atom is -0.387 e. The second-order valence-corrected chi connectivity index (χ2v) is 9.02. The molecule has 0 bridgehead atoms. The zero-order valence-corrected chi connectivity index (χ0v) is 22.3. The summed E-state index contributed by atoms with van der Waals surface area (Å²) in [5.41, 5.74) is 4.61. The van der Waals surface area contributed by atoms with E-state index in [2.05, 4.69) is 77.8 Å². The van der Waals surface area contributed by atoms with Gasteiger partial charge in [-0.05, 0) is 34.6 Å². The van der Waals surface area contributed by atoms with Crippen molar-refractivity contribution in [1.82, 2.24) is 20.2 Å². The van der Waals surface area contributed by atoms with E-state index in [0.29, 0.717) is 19.0 Å². The number of aliphatic hydroxyl groups is 1. The number of halogens is 1. The number of nitrogens with one attached hydrogen (secondary N) is 2. The van der Waals surface area contributed by atoms with E-state index in [9.17, 15) is 5.11 Å². The SMILES string of the molecule is CCNC(=NCc1ccc(Cn2ccnc2)cc1)NCC(O)c1ccc(C(C)(C)C)cc1.I. The van der Waals surface area contributed by atoms with E-state index in [0.717, 1.165) is 24.2 Å². The number of nitrogens with zero attached hydrogens (tertiary/aromatic N) is 3. The van der Waals surface area contributed by atoms with Gasteiger partial charge in [-0.2, -0.15) is 0 Å². The summed E-state index contributed by atoms with van der Waals surface area (Å²) in [6.45, 7) is 11.1. The smallest absolute Gasteiger partial charge is 0.191 e. The van der Waals surface area contributed by atoms with Crippen molar-refractivity contribution in [2.45, 2.75) is 52.3 Å². The lowest BCUT2D eigenvalue weighted by Crippen LogP contribution is -2.39. The highest BCUT2D eigenvalue weighted by atomic mass is 127. The quantitative estimate of drug-likeness (QED) is 0.213.